The fourth-order valence-corrected chi connectivity index (χ4v) is 3.31. The molecule has 1 atom stereocenters. The molecule has 1 aromatic rings. The number of amides is 2. The zero-order valence-electron chi connectivity index (χ0n) is 15.0. The average Bonchev–Trinajstić information content (AvgIpc) is 2.61. The van der Waals surface area contributed by atoms with Crippen LogP contribution >= 0.6 is 0 Å². The molecule has 0 aliphatic heterocycles. The Bertz CT molecular complexity index is 544. The molecule has 0 spiro atoms. The van der Waals surface area contributed by atoms with Gasteiger partial charge in [0.15, 0.2) is 0 Å². The highest BCUT2D eigenvalue weighted by Crippen LogP contribution is 2.32. The fourth-order valence-electron chi connectivity index (χ4n) is 3.31. The van der Waals surface area contributed by atoms with Crippen LogP contribution in [-0.2, 0) is 6.54 Å². The summed E-state index contributed by atoms with van der Waals surface area (Å²) in [5.41, 5.74) is 0.435. The van der Waals surface area contributed by atoms with E-state index in [0.717, 1.165) is 24.2 Å². The van der Waals surface area contributed by atoms with Crippen molar-refractivity contribution in [3.63, 3.8) is 0 Å². The van der Waals surface area contributed by atoms with Gasteiger partial charge in [-0.2, -0.15) is 0 Å². The van der Waals surface area contributed by atoms with Gasteiger partial charge in [-0.25, -0.2) is 9.78 Å². The van der Waals surface area contributed by atoms with Crippen LogP contribution in [-0.4, -0.2) is 42.4 Å². The van der Waals surface area contributed by atoms with Gasteiger partial charge >= 0.3 is 6.03 Å². The first-order valence-corrected chi connectivity index (χ1v) is 8.74. The molecule has 1 heterocycles. The van der Waals surface area contributed by atoms with Crippen LogP contribution in [0.1, 0.15) is 44.6 Å². The summed E-state index contributed by atoms with van der Waals surface area (Å²) in [7, 11) is 3.87. The van der Waals surface area contributed by atoms with Crippen LogP contribution in [0.25, 0.3) is 0 Å². The largest absolute Gasteiger partial charge is 0.394 e. The van der Waals surface area contributed by atoms with E-state index in [1.54, 1.807) is 6.20 Å². The number of hydrogen-bond acceptors (Lipinski definition) is 4. The third-order valence-electron chi connectivity index (χ3n) is 4.95. The minimum Gasteiger partial charge on any atom is -0.394 e. The monoisotopic (exact) mass is 334 g/mol. The number of anilines is 1. The van der Waals surface area contributed by atoms with E-state index in [1.807, 2.05) is 38.1 Å². The lowest BCUT2D eigenvalue weighted by molar-refractivity contribution is 0.101. The Morgan fingerprint density at radius 2 is 2.08 bits per heavy atom. The molecule has 0 unspecified atom stereocenters. The number of hydrogen-bond donors (Lipinski definition) is 3. The van der Waals surface area contributed by atoms with E-state index in [1.165, 1.54) is 19.3 Å². The summed E-state index contributed by atoms with van der Waals surface area (Å²) in [4.78, 5) is 18.5. The van der Waals surface area contributed by atoms with Gasteiger partial charge in [-0.15, -0.1) is 0 Å². The highest BCUT2D eigenvalue weighted by atomic mass is 16.3. The van der Waals surface area contributed by atoms with Crippen molar-refractivity contribution in [2.75, 3.05) is 25.6 Å². The van der Waals surface area contributed by atoms with Crippen molar-refractivity contribution in [1.29, 1.82) is 0 Å². The molecule has 1 aliphatic carbocycles. The number of urea groups is 1. The van der Waals surface area contributed by atoms with Crippen molar-refractivity contribution in [3.8, 4) is 0 Å². The van der Waals surface area contributed by atoms with Crippen LogP contribution in [0, 0.1) is 5.92 Å². The SMILES string of the molecule is CN(C)c1cc(CNC(=O)N[C@](C)(CO)C2CCCCC2)ccn1. The molecular formula is C18H30N4O2. The number of aliphatic hydroxyl groups is 1. The quantitative estimate of drug-likeness (QED) is 0.746. The van der Waals surface area contributed by atoms with Crippen molar-refractivity contribution in [2.24, 2.45) is 5.92 Å². The molecule has 134 valence electrons. The number of nitrogens with one attached hydrogen (secondary N) is 2. The van der Waals surface area contributed by atoms with Gasteiger partial charge in [0, 0.05) is 26.8 Å². The standard InChI is InChI=1S/C18H30N4O2/c1-18(13-23,15-7-5-4-6-8-15)21-17(24)20-12-14-9-10-19-16(11-14)22(2)3/h9-11,15,23H,4-8,12-13H2,1-3H3,(H2,20,21,24)/t18-/m1/s1. The number of pyridine rings is 1. The van der Waals surface area contributed by atoms with Crippen LogP contribution in [0.5, 0.6) is 0 Å². The maximum Gasteiger partial charge on any atom is 0.315 e. The second-order valence-electron chi connectivity index (χ2n) is 7.13. The van der Waals surface area contributed by atoms with Gasteiger partial charge in [0.1, 0.15) is 5.82 Å². The van der Waals surface area contributed by atoms with Crippen molar-refractivity contribution in [1.82, 2.24) is 15.6 Å². The second kappa shape index (κ2) is 8.33. The van der Waals surface area contributed by atoms with E-state index in [0.29, 0.717) is 12.5 Å². The Kier molecular flexibility index (Phi) is 6.43. The van der Waals surface area contributed by atoms with Crippen LogP contribution in [0.4, 0.5) is 10.6 Å². The normalized spacial score (nSPS) is 17.8. The van der Waals surface area contributed by atoms with E-state index in [9.17, 15) is 9.90 Å². The fraction of sp³-hybridized carbons (Fsp3) is 0.667. The average molecular weight is 334 g/mol. The van der Waals surface area contributed by atoms with Gasteiger partial charge in [-0.05, 0) is 43.4 Å². The summed E-state index contributed by atoms with van der Waals surface area (Å²) < 4.78 is 0. The lowest BCUT2D eigenvalue weighted by atomic mass is 9.76. The van der Waals surface area contributed by atoms with Crippen LogP contribution in [0.15, 0.2) is 18.3 Å². The molecular weight excluding hydrogens is 304 g/mol. The minimum absolute atomic E-state index is 0.0366. The van der Waals surface area contributed by atoms with Crippen molar-refractivity contribution in [3.05, 3.63) is 23.9 Å². The van der Waals surface area contributed by atoms with Gasteiger partial charge in [-0.3, -0.25) is 0 Å². The molecule has 1 aliphatic rings. The summed E-state index contributed by atoms with van der Waals surface area (Å²) >= 11 is 0. The molecule has 0 bridgehead atoms. The van der Waals surface area contributed by atoms with Gasteiger partial charge in [-0.1, -0.05) is 19.3 Å². The van der Waals surface area contributed by atoms with Crippen molar-refractivity contribution >= 4 is 11.8 Å². The minimum atomic E-state index is -0.558. The zero-order valence-corrected chi connectivity index (χ0v) is 15.0. The van der Waals surface area contributed by atoms with Crippen LogP contribution < -0.4 is 15.5 Å². The molecule has 0 saturated heterocycles. The summed E-state index contributed by atoms with van der Waals surface area (Å²) in [6.07, 6.45) is 7.47. The smallest absolute Gasteiger partial charge is 0.315 e. The Labute approximate surface area is 144 Å². The molecule has 2 amide bonds. The third-order valence-corrected chi connectivity index (χ3v) is 4.95. The molecule has 3 N–H and O–H groups in total. The topological polar surface area (TPSA) is 77.5 Å². The Morgan fingerprint density at radius 1 is 1.38 bits per heavy atom. The summed E-state index contributed by atoms with van der Waals surface area (Å²) in [6, 6.07) is 3.60. The van der Waals surface area contributed by atoms with Crippen molar-refractivity contribution < 1.29 is 9.90 Å². The first-order chi connectivity index (χ1) is 11.4. The molecule has 6 heteroatoms. The van der Waals surface area contributed by atoms with Gasteiger partial charge < -0.3 is 20.6 Å². The molecule has 24 heavy (non-hydrogen) atoms. The highest BCUT2D eigenvalue weighted by Gasteiger charge is 2.35. The number of aliphatic hydroxyl groups excluding tert-OH is 1. The highest BCUT2D eigenvalue weighted by molar-refractivity contribution is 5.74. The number of rotatable bonds is 6. The lowest BCUT2D eigenvalue weighted by Crippen LogP contribution is -2.57. The third kappa shape index (κ3) is 4.84. The summed E-state index contributed by atoms with van der Waals surface area (Å²) in [6.45, 7) is 2.34. The van der Waals surface area contributed by atoms with Crippen molar-refractivity contribution in [2.45, 2.75) is 51.1 Å². The lowest BCUT2D eigenvalue weighted by Gasteiger charge is -2.39. The maximum atomic E-state index is 12.3. The van der Waals surface area contributed by atoms with E-state index in [4.69, 9.17) is 0 Å². The van der Waals surface area contributed by atoms with Gasteiger partial charge in [0.05, 0.1) is 12.1 Å². The predicted octanol–water partition coefficient (Wildman–Crippen LogP) is 2.28. The maximum absolute atomic E-state index is 12.3. The Balaban J connectivity index is 1.90. The second-order valence-corrected chi connectivity index (χ2v) is 7.13. The number of nitrogens with zero attached hydrogens (tertiary/aromatic N) is 2. The molecule has 1 fully saturated rings. The first-order valence-electron chi connectivity index (χ1n) is 8.74. The first kappa shape index (κ1) is 18.5. The number of aromatic nitrogens is 1. The van der Waals surface area contributed by atoms with E-state index < -0.39 is 5.54 Å². The zero-order chi connectivity index (χ0) is 17.6. The van der Waals surface area contributed by atoms with E-state index >= 15 is 0 Å². The number of carbonyl (C=O) groups is 1. The van der Waals surface area contributed by atoms with Gasteiger partial charge in [0.2, 0.25) is 0 Å². The molecule has 1 saturated carbocycles. The predicted molar refractivity (Wildman–Crippen MR) is 96.0 cm³/mol. The molecule has 0 aromatic carbocycles. The Hall–Kier alpha value is -1.82. The Morgan fingerprint density at radius 3 is 2.71 bits per heavy atom. The summed E-state index contributed by atoms with van der Waals surface area (Å²) in [5, 5.41) is 15.7. The van der Waals surface area contributed by atoms with E-state index in [2.05, 4.69) is 15.6 Å². The molecule has 0 radical (unpaired) electrons. The number of carbonyl (C=O) groups excluding carboxylic acids is 1. The molecule has 1 aromatic heterocycles. The van der Waals surface area contributed by atoms with Gasteiger partial charge in [0.25, 0.3) is 0 Å². The molecule has 2 rings (SSSR count). The van der Waals surface area contributed by atoms with E-state index in [-0.39, 0.29) is 12.6 Å². The summed E-state index contributed by atoms with van der Waals surface area (Å²) in [5.74, 6) is 1.19. The molecule has 6 nitrogen and oxygen atoms in total. The van der Waals surface area contributed by atoms with Crippen LogP contribution in [0.3, 0.4) is 0 Å². The van der Waals surface area contributed by atoms with Crippen LogP contribution in [0.2, 0.25) is 0 Å².